The fourth-order valence-electron chi connectivity index (χ4n) is 3.77. The Morgan fingerprint density at radius 3 is 2.47 bits per heavy atom. The van der Waals surface area contributed by atoms with E-state index in [-0.39, 0.29) is 17.9 Å². The van der Waals surface area contributed by atoms with Crippen LogP contribution in [0.4, 0.5) is 4.39 Å². The summed E-state index contributed by atoms with van der Waals surface area (Å²) < 4.78 is 28.1. The van der Waals surface area contributed by atoms with E-state index in [0.29, 0.717) is 61.9 Å². The average Bonchev–Trinajstić information content (AvgIpc) is 3.22. The van der Waals surface area contributed by atoms with Gasteiger partial charge in [0.15, 0.2) is 5.65 Å². The van der Waals surface area contributed by atoms with Gasteiger partial charge in [-0.05, 0) is 37.6 Å². The van der Waals surface area contributed by atoms with Crippen LogP contribution in [0, 0.1) is 0 Å². The minimum atomic E-state index is -1.34. The van der Waals surface area contributed by atoms with Crippen molar-refractivity contribution in [1.29, 1.82) is 0 Å². The maximum absolute atomic E-state index is 14.6. The number of ether oxygens (including phenoxy) is 2. The lowest BCUT2D eigenvalue weighted by Crippen LogP contribution is -2.39. The topological polar surface area (TPSA) is 91.1 Å². The second-order valence-electron chi connectivity index (χ2n) is 7.85. The van der Waals surface area contributed by atoms with E-state index in [1.54, 1.807) is 25.1 Å². The Bertz CT molecular complexity index is 1230. The van der Waals surface area contributed by atoms with Crippen LogP contribution >= 0.6 is 0 Å². The highest BCUT2D eigenvalue weighted by atomic mass is 19.1. The molecule has 1 aliphatic rings. The average molecular weight is 442 g/mol. The molecule has 1 aromatic carbocycles. The Balaban J connectivity index is 1.50. The summed E-state index contributed by atoms with van der Waals surface area (Å²) in [4.78, 5) is 32.5. The molecule has 1 aliphatic heterocycles. The van der Waals surface area contributed by atoms with E-state index in [2.05, 4.69) is 9.97 Å². The molecule has 32 heavy (non-hydrogen) atoms. The molecular weight excluding hydrogens is 415 g/mol. The maximum Gasteiger partial charge on any atom is 0.332 e. The van der Waals surface area contributed by atoms with E-state index in [0.717, 1.165) is 5.56 Å². The van der Waals surface area contributed by atoms with Crippen LogP contribution in [0.25, 0.3) is 23.3 Å². The number of rotatable bonds is 7. The molecule has 1 fully saturated rings. The standard InChI is InChI=1S/C23H27FN4O4/c1-3-27-20-19(21(29)28(4-2)22(27)30)25-18(26-20)10-7-16-5-8-17(9-6-16)32-15-23(24)11-13-31-14-12-23/h5-10H,3-4,11-15H2,1-2H3,(H,25,26). The molecule has 0 aliphatic carbocycles. The number of halogens is 1. The number of fused-ring (bicyclic) bond motifs is 1. The van der Waals surface area contributed by atoms with Crippen molar-refractivity contribution >= 4 is 23.3 Å². The summed E-state index contributed by atoms with van der Waals surface area (Å²) in [6.07, 6.45) is 4.28. The zero-order valence-electron chi connectivity index (χ0n) is 18.3. The molecule has 9 heteroatoms. The summed E-state index contributed by atoms with van der Waals surface area (Å²) in [5.74, 6) is 1.08. The molecule has 0 bridgehead atoms. The fourth-order valence-corrected chi connectivity index (χ4v) is 3.77. The molecule has 3 heterocycles. The van der Waals surface area contributed by atoms with E-state index in [9.17, 15) is 14.0 Å². The van der Waals surface area contributed by atoms with E-state index in [4.69, 9.17) is 9.47 Å². The highest BCUT2D eigenvalue weighted by Gasteiger charge is 2.33. The molecule has 0 saturated carbocycles. The van der Waals surface area contributed by atoms with Gasteiger partial charge in [0.1, 0.15) is 29.4 Å². The molecule has 0 amide bonds. The lowest BCUT2D eigenvalue weighted by atomic mass is 9.98. The van der Waals surface area contributed by atoms with Gasteiger partial charge < -0.3 is 14.5 Å². The van der Waals surface area contributed by atoms with Crippen molar-refractivity contribution in [2.75, 3.05) is 19.8 Å². The van der Waals surface area contributed by atoms with Crippen molar-refractivity contribution in [3.8, 4) is 5.75 Å². The lowest BCUT2D eigenvalue weighted by molar-refractivity contribution is -0.0323. The molecule has 170 valence electrons. The first-order valence-corrected chi connectivity index (χ1v) is 10.8. The number of H-pyrrole nitrogens is 1. The van der Waals surface area contributed by atoms with E-state index in [1.165, 1.54) is 9.13 Å². The third kappa shape index (κ3) is 4.38. The van der Waals surface area contributed by atoms with Crippen LogP contribution in [0.5, 0.6) is 5.75 Å². The van der Waals surface area contributed by atoms with Gasteiger partial charge in [0.05, 0.1) is 0 Å². The third-order valence-corrected chi connectivity index (χ3v) is 5.71. The molecule has 0 atom stereocenters. The molecule has 0 radical (unpaired) electrons. The lowest BCUT2D eigenvalue weighted by Gasteiger charge is -2.29. The number of aromatic amines is 1. The molecule has 3 aromatic rings. The molecule has 1 N–H and O–H groups in total. The predicted octanol–water partition coefficient (Wildman–Crippen LogP) is 2.99. The SMILES string of the molecule is CCn1c(=O)c2[nH]c(C=Cc3ccc(OCC4(F)CCOCC4)cc3)nc2n(CC)c1=O. The van der Waals surface area contributed by atoms with Gasteiger partial charge in [0.2, 0.25) is 0 Å². The van der Waals surface area contributed by atoms with E-state index < -0.39 is 5.67 Å². The summed E-state index contributed by atoms with van der Waals surface area (Å²) in [7, 11) is 0. The maximum atomic E-state index is 14.6. The van der Waals surface area contributed by atoms with Gasteiger partial charge in [0.25, 0.3) is 5.56 Å². The number of imidazole rings is 1. The summed E-state index contributed by atoms with van der Waals surface area (Å²) >= 11 is 0. The smallest absolute Gasteiger partial charge is 0.332 e. The van der Waals surface area contributed by atoms with Crippen LogP contribution in [0.3, 0.4) is 0 Å². The van der Waals surface area contributed by atoms with Crippen molar-refractivity contribution in [2.24, 2.45) is 0 Å². The first-order chi connectivity index (χ1) is 15.4. The number of aromatic nitrogens is 4. The number of alkyl halides is 1. The van der Waals surface area contributed by atoms with E-state index >= 15 is 0 Å². The van der Waals surface area contributed by atoms with Crippen LogP contribution in [-0.4, -0.2) is 44.6 Å². The number of aryl methyl sites for hydroxylation is 1. The second-order valence-corrected chi connectivity index (χ2v) is 7.85. The highest BCUT2D eigenvalue weighted by molar-refractivity contribution is 5.75. The van der Waals surface area contributed by atoms with Crippen molar-refractivity contribution < 1.29 is 13.9 Å². The fraction of sp³-hybridized carbons (Fsp3) is 0.435. The normalized spacial score (nSPS) is 16.1. The van der Waals surface area contributed by atoms with Gasteiger partial charge >= 0.3 is 5.69 Å². The van der Waals surface area contributed by atoms with Gasteiger partial charge in [-0.25, -0.2) is 14.2 Å². The minimum absolute atomic E-state index is 0.0128. The highest BCUT2D eigenvalue weighted by Crippen LogP contribution is 2.26. The van der Waals surface area contributed by atoms with Gasteiger partial charge in [0, 0.05) is 39.1 Å². The van der Waals surface area contributed by atoms with Crippen LogP contribution in [0.2, 0.25) is 0 Å². The predicted molar refractivity (Wildman–Crippen MR) is 121 cm³/mol. The van der Waals surface area contributed by atoms with Crippen molar-refractivity contribution in [3.63, 3.8) is 0 Å². The Morgan fingerprint density at radius 2 is 1.81 bits per heavy atom. The zero-order chi connectivity index (χ0) is 22.7. The van der Waals surface area contributed by atoms with Gasteiger partial charge in [-0.2, -0.15) is 0 Å². The number of hydrogen-bond donors (Lipinski definition) is 1. The first kappa shape index (κ1) is 22.0. The Labute approximate surface area is 184 Å². The van der Waals surface area contributed by atoms with E-state index in [1.807, 2.05) is 25.1 Å². The van der Waals surface area contributed by atoms with Gasteiger partial charge in [-0.15, -0.1) is 0 Å². The molecule has 2 aromatic heterocycles. The summed E-state index contributed by atoms with van der Waals surface area (Å²) in [5.41, 5.74) is -0.526. The van der Waals surface area contributed by atoms with Crippen molar-refractivity contribution in [2.45, 2.75) is 45.4 Å². The summed E-state index contributed by atoms with van der Waals surface area (Å²) in [6.45, 7) is 5.17. The van der Waals surface area contributed by atoms with Crippen LogP contribution in [0.15, 0.2) is 33.9 Å². The molecule has 1 saturated heterocycles. The van der Waals surface area contributed by atoms with Crippen molar-refractivity contribution in [3.05, 3.63) is 56.5 Å². The second kappa shape index (κ2) is 9.12. The Hall–Kier alpha value is -3.20. The van der Waals surface area contributed by atoms with Crippen LogP contribution < -0.4 is 16.0 Å². The van der Waals surface area contributed by atoms with Crippen LogP contribution in [-0.2, 0) is 17.8 Å². The number of nitrogens with zero attached hydrogens (tertiary/aromatic N) is 3. The van der Waals surface area contributed by atoms with Gasteiger partial charge in [-0.3, -0.25) is 13.9 Å². The van der Waals surface area contributed by atoms with Crippen molar-refractivity contribution in [1.82, 2.24) is 19.1 Å². The van der Waals surface area contributed by atoms with Crippen LogP contribution in [0.1, 0.15) is 38.1 Å². The quantitative estimate of drug-likeness (QED) is 0.608. The van der Waals surface area contributed by atoms with Gasteiger partial charge in [-0.1, -0.05) is 18.2 Å². The number of benzene rings is 1. The summed E-state index contributed by atoms with van der Waals surface area (Å²) in [6, 6.07) is 7.29. The molecule has 4 rings (SSSR count). The number of nitrogens with one attached hydrogen (secondary N) is 1. The molecule has 8 nitrogen and oxygen atoms in total. The third-order valence-electron chi connectivity index (χ3n) is 5.71. The zero-order valence-corrected chi connectivity index (χ0v) is 18.3. The molecule has 0 unspecified atom stereocenters. The Morgan fingerprint density at radius 1 is 1.12 bits per heavy atom. The molecular formula is C23H27FN4O4. The molecule has 0 spiro atoms. The summed E-state index contributed by atoms with van der Waals surface area (Å²) in [5, 5.41) is 0. The first-order valence-electron chi connectivity index (χ1n) is 10.8. The largest absolute Gasteiger partial charge is 0.490 e. The minimum Gasteiger partial charge on any atom is -0.490 e. The monoisotopic (exact) mass is 442 g/mol. The number of hydrogen-bond acceptors (Lipinski definition) is 5. The Kier molecular flexibility index (Phi) is 6.27.